The molecular weight excluding hydrogens is 154 g/mol. The highest BCUT2D eigenvalue weighted by Crippen LogP contribution is 2.15. The van der Waals surface area contributed by atoms with Crippen molar-refractivity contribution in [3.05, 3.63) is 35.2 Å². The molecule has 0 aliphatic heterocycles. The summed E-state index contributed by atoms with van der Waals surface area (Å²) in [6.45, 7) is 3.55. The van der Waals surface area contributed by atoms with Crippen LogP contribution < -0.4 is 0 Å². The van der Waals surface area contributed by atoms with Gasteiger partial charge < -0.3 is 0 Å². The Morgan fingerprint density at radius 1 is 1.78 bits per heavy atom. The van der Waals surface area contributed by atoms with Gasteiger partial charge in [-0.05, 0) is 17.6 Å². The quantitative estimate of drug-likeness (QED) is 0.645. The smallest absolute Gasteiger partial charge is 0.143 e. The fourth-order valence-electron chi connectivity index (χ4n) is 0.461. The fraction of sp³-hybridized carbons (Fsp3) is 0. The summed E-state index contributed by atoms with van der Waals surface area (Å²) < 4.78 is 3.86. The highest BCUT2D eigenvalue weighted by molar-refractivity contribution is 7.06. The van der Waals surface area contributed by atoms with Crippen molar-refractivity contribution in [2.45, 2.75) is 0 Å². The number of allylic oxidation sites excluding steroid dienone is 1. The average molecular weight is 159 g/mol. The van der Waals surface area contributed by atoms with Gasteiger partial charge in [-0.3, -0.25) is 0 Å². The molecule has 47 valence electrons. The molecule has 0 aromatic carbocycles. The molecule has 0 saturated carbocycles. The third-order valence-corrected chi connectivity index (χ3v) is 1.83. The first-order chi connectivity index (χ1) is 4.33. The standard InChI is InChI=1S/C6H5ClNS/c1-2-3-5-4-6(7)8-9-5/h2-4H,1H2. The number of rotatable bonds is 2. The van der Waals surface area contributed by atoms with Gasteiger partial charge in [-0.25, -0.2) is 0 Å². The summed E-state index contributed by atoms with van der Waals surface area (Å²) in [6, 6.07) is 1.80. The van der Waals surface area contributed by atoms with Gasteiger partial charge in [-0.2, -0.15) is 4.37 Å². The zero-order chi connectivity index (χ0) is 6.69. The summed E-state index contributed by atoms with van der Waals surface area (Å²) in [4.78, 5) is 1.04. The van der Waals surface area contributed by atoms with Gasteiger partial charge in [0, 0.05) is 11.3 Å². The van der Waals surface area contributed by atoms with E-state index in [1.54, 1.807) is 12.1 Å². The van der Waals surface area contributed by atoms with Crippen molar-refractivity contribution in [3.63, 3.8) is 0 Å². The molecule has 0 amide bonds. The van der Waals surface area contributed by atoms with Crippen molar-refractivity contribution in [3.8, 4) is 0 Å². The Labute approximate surface area is 63.1 Å². The van der Waals surface area contributed by atoms with Crippen molar-refractivity contribution in [2.24, 2.45) is 0 Å². The maximum atomic E-state index is 5.54. The van der Waals surface area contributed by atoms with Crippen LogP contribution in [0.4, 0.5) is 0 Å². The summed E-state index contributed by atoms with van der Waals surface area (Å²) in [6.07, 6.45) is 3.58. The summed E-state index contributed by atoms with van der Waals surface area (Å²) in [5.41, 5.74) is 0. The Balaban J connectivity index is 2.72. The predicted molar refractivity (Wildman–Crippen MR) is 40.7 cm³/mol. The molecule has 0 spiro atoms. The Morgan fingerprint density at radius 2 is 2.56 bits per heavy atom. The van der Waals surface area contributed by atoms with E-state index in [-0.39, 0.29) is 0 Å². The van der Waals surface area contributed by atoms with Crippen LogP contribution in [-0.4, -0.2) is 4.37 Å². The molecule has 1 aromatic rings. The second-order valence-electron chi connectivity index (χ2n) is 1.45. The second-order valence-corrected chi connectivity index (χ2v) is 2.68. The lowest BCUT2D eigenvalue weighted by atomic mass is 10.4. The van der Waals surface area contributed by atoms with Gasteiger partial charge >= 0.3 is 0 Å². The normalized spacial score (nSPS) is 9.44. The van der Waals surface area contributed by atoms with Crippen LogP contribution in [0.5, 0.6) is 0 Å². The van der Waals surface area contributed by atoms with E-state index in [0.29, 0.717) is 5.15 Å². The minimum atomic E-state index is 0.549. The molecule has 1 aromatic heterocycles. The lowest BCUT2D eigenvalue weighted by Crippen LogP contribution is -1.63. The Kier molecular flexibility index (Phi) is 2.25. The van der Waals surface area contributed by atoms with Gasteiger partial charge in [-0.1, -0.05) is 17.7 Å². The molecule has 0 unspecified atom stereocenters. The molecule has 0 saturated heterocycles. The number of hydrogen-bond acceptors (Lipinski definition) is 2. The van der Waals surface area contributed by atoms with E-state index in [2.05, 4.69) is 11.0 Å². The number of nitrogens with zero attached hydrogens (tertiary/aromatic N) is 1. The molecule has 1 radical (unpaired) electrons. The van der Waals surface area contributed by atoms with Gasteiger partial charge in [-0.15, -0.1) is 6.58 Å². The summed E-state index contributed by atoms with van der Waals surface area (Å²) in [7, 11) is 0. The van der Waals surface area contributed by atoms with Crippen LogP contribution in [0.2, 0.25) is 5.15 Å². The van der Waals surface area contributed by atoms with Crippen LogP contribution in [0.3, 0.4) is 0 Å². The first-order valence-corrected chi connectivity index (χ1v) is 3.56. The highest BCUT2D eigenvalue weighted by atomic mass is 35.5. The average Bonchev–Trinajstić information content (AvgIpc) is 2.17. The third kappa shape index (κ3) is 1.80. The zero-order valence-corrected chi connectivity index (χ0v) is 6.25. The molecular formula is C6H5ClNS. The molecule has 9 heavy (non-hydrogen) atoms. The summed E-state index contributed by atoms with van der Waals surface area (Å²) >= 11 is 6.91. The SMILES string of the molecule is C=C[CH]c1cc(Cl)ns1. The van der Waals surface area contributed by atoms with E-state index in [1.807, 2.05) is 6.42 Å². The monoisotopic (exact) mass is 158 g/mol. The number of aromatic nitrogens is 1. The first kappa shape index (κ1) is 6.78. The van der Waals surface area contributed by atoms with Crippen molar-refractivity contribution in [1.82, 2.24) is 4.37 Å². The van der Waals surface area contributed by atoms with Crippen LogP contribution >= 0.6 is 23.1 Å². The van der Waals surface area contributed by atoms with E-state index in [9.17, 15) is 0 Å². The van der Waals surface area contributed by atoms with Crippen molar-refractivity contribution in [1.29, 1.82) is 0 Å². The van der Waals surface area contributed by atoms with E-state index in [1.165, 1.54) is 11.5 Å². The Hall–Kier alpha value is -0.340. The molecule has 1 nitrogen and oxygen atoms in total. The van der Waals surface area contributed by atoms with Gasteiger partial charge in [0.15, 0.2) is 0 Å². The summed E-state index contributed by atoms with van der Waals surface area (Å²) in [5.74, 6) is 0. The third-order valence-electron chi connectivity index (χ3n) is 0.782. The Morgan fingerprint density at radius 3 is 3.00 bits per heavy atom. The molecule has 1 heterocycles. The largest absolute Gasteiger partial charge is 0.181 e. The summed E-state index contributed by atoms with van der Waals surface area (Å²) in [5, 5.41) is 0.549. The van der Waals surface area contributed by atoms with Crippen molar-refractivity contribution in [2.75, 3.05) is 0 Å². The fourth-order valence-corrected chi connectivity index (χ4v) is 1.31. The maximum Gasteiger partial charge on any atom is 0.143 e. The van der Waals surface area contributed by atoms with Crippen LogP contribution in [0.15, 0.2) is 18.7 Å². The predicted octanol–water partition coefficient (Wildman–Crippen LogP) is 2.53. The molecule has 1 rings (SSSR count). The zero-order valence-electron chi connectivity index (χ0n) is 4.67. The van der Waals surface area contributed by atoms with Crippen LogP contribution in [-0.2, 0) is 0 Å². The van der Waals surface area contributed by atoms with Crippen LogP contribution in [0, 0.1) is 6.42 Å². The lowest BCUT2D eigenvalue weighted by molar-refractivity contribution is 1.57. The van der Waals surface area contributed by atoms with Gasteiger partial charge in [0.05, 0.1) is 0 Å². The van der Waals surface area contributed by atoms with Crippen LogP contribution in [0.1, 0.15) is 4.88 Å². The van der Waals surface area contributed by atoms with Gasteiger partial charge in [0.25, 0.3) is 0 Å². The molecule has 0 aliphatic carbocycles. The van der Waals surface area contributed by atoms with Gasteiger partial charge in [0.2, 0.25) is 0 Å². The minimum absolute atomic E-state index is 0.549. The van der Waals surface area contributed by atoms with Gasteiger partial charge in [0.1, 0.15) is 5.15 Å². The van der Waals surface area contributed by atoms with Crippen molar-refractivity contribution >= 4 is 23.1 Å². The van der Waals surface area contributed by atoms with E-state index < -0.39 is 0 Å². The molecule has 0 aliphatic rings. The first-order valence-electron chi connectivity index (χ1n) is 2.41. The van der Waals surface area contributed by atoms with E-state index >= 15 is 0 Å². The number of halogens is 1. The maximum absolute atomic E-state index is 5.54. The highest BCUT2D eigenvalue weighted by Gasteiger charge is 1.94. The minimum Gasteiger partial charge on any atom is -0.181 e. The van der Waals surface area contributed by atoms with E-state index in [0.717, 1.165) is 4.88 Å². The molecule has 0 N–H and O–H groups in total. The Bertz CT molecular complexity index is 207. The molecule has 0 atom stereocenters. The second kappa shape index (κ2) is 2.99. The topological polar surface area (TPSA) is 12.9 Å². The van der Waals surface area contributed by atoms with E-state index in [4.69, 9.17) is 11.6 Å². The molecule has 3 heteroatoms. The lowest BCUT2D eigenvalue weighted by Gasteiger charge is -1.78. The van der Waals surface area contributed by atoms with Crippen molar-refractivity contribution < 1.29 is 0 Å². The van der Waals surface area contributed by atoms with Crippen LogP contribution in [0.25, 0.3) is 0 Å². The molecule has 0 bridgehead atoms. The molecule has 0 fully saturated rings. The number of hydrogen-bond donors (Lipinski definition) is 0.